The van der Waals surface area contributed by atoms with Crippen LogP contribution < -0.4 is 0 Å². The van der Waals surface area contributed by atoms with Gasteiger partial charge in [-0.3, -0.25) is 4.79 Å². The molecule has 6 rings (SSSR count). The van der Waals surface area contributed by atoms with E-state index in [1.54, 1.807) is 46.2 Å². The normalized spacial score (nSPS) is 25.3. The number of aliphatic hydroxyl groups is 3. The van der Waals surface area contributed by atoms with E-state index in [0.29, 0.717) is 35.4 Å². The molecule has 2 aromatic heterocycles. The van der Waals surface area contributed by atoms with Crippen molar-refractivity contribution >= 4 is 5.91 Å². The summed E-state index contributed by atoms with van der Waals surface area (Å²) in [4.78, 5) is 15.6. The van der Waals surface area contributed by atoms with E-state index in [1.165, 1.54) is 28.9 Å². The Morgan fingerprint density at radius 3 is 2.20 bits per heavy atom. The van der Waals surface area contributed by atoms with Gasteiger partial charge in [-0.1, -0.05) is 34.7 Å². The maximum absolute atomic E-state index is 14.0. The third-order valence-electron chi connectivity index (χ3n) is 8.68. The molecule has 1 saturated heterocycles. The molecule has 1 aliphatic carbocycles. The van der Waals surface area contributed by atoms with Gasteiger partial charge in [0.1, 0.15) is 41.3 Å². The molecular formula is C31H35F2N7O5. The summed E-state index contributed by atoms with van der Waals surface area (Å²) in [5, 5.41) is 47.8. The van der Waals surface area contributed by atoms with Crippen LogP contribution in [-0.4, -0.2) is 100 Å². The van der Waals surface area contributed by atoms with Crippen LogP contribution in [0.4, 0.5) is 8.78 Å². The van der Waals surface area contributed by atoms with Crippen molar-refractivity contribution in [3.05, 3.63) is 72.6 Å². The molecule has 1 aliphatic heterocycles. The molecular weight excluding hydrogens is 588 g/mol. The van der Waals surface area contributed by atoms with Crippen molar-refractivity contribution < 1.29 is 33.6 Å². The van der Waals surface area contributed by atoms with Crippen LogP contribution in [0.1, 0.15) is 44.2 Å². The molecule has 2 fully saturated rings. The summed E-state index contributed by atoms with van der Waals surface area (Å²) in [5.74, 6) is -1.16. The number of hydrogen-bond donors (Lipinski definition) is 3. The predicted molar refractivity (Wildman–Crippen MR) is 156 cm³/mol. The van der Waals surface area contributed by atoms with E-state index in [0.717, 1.165) is 12.8 Å². The highest BCUT2D eigenvalue weighted by Crippen LogP contribution is 2.35. The van der Waals surface area contributed by atoms with Crippen molar-refractivity contribution in [2.75, 3.05) is 19.8 Å². The topological polar surface area (TPSA) is 152 Å². The van der Waals surface area contributed by atoms with Gasteiger partial charge in [-0.15, -0.1) is 10.2 Å². The van der Waals surface area contributed by atoms with Gasteiger partial charge in [0, 0.05) is 30.1 Å². The number of carbonyl (C=O) groups is 1. The minimum absolute atomic E-state index is 0.0423. The molecule has 0 radical (unpaired) electrons. The molecule has 6 unspecified atom stereocenters. The highest BCUT2D eigenvalue weighted by Gasteiger charge is 2.44. The molecule has 14 heteroatoms. The van der Waals surface area contributed by atoms with Crippen molar-refractivity contribution in [3.8, 4) is 22.5 Å². The van der Waals surface area contributed by atoms with E-state index >= 15 is 0 Å². The van der Waals surface area contributed by atoms with E-state index in [1.807, 2.05) is 0 Å². The minimum Gasteiger partial charge on any atom is -0.395 e. The molecule has 1 saturated carbocycles. The molecule has 1 amide bonds. The Balaban J connectivity index is 1.19. The lowest BCUT2D eigenvalue weighted by molar-refractivity contribution is -0.181. The fourth-order valence-corrected chi connectivity index (χ4v) is 6.41. The summed E-state index contributed by atoms with van der Waals surface area (Å²) < 4.78 is 36.6. The van der Waals surface area contributed by atoms with Crippen LogP contribution in [0.3, 0.4) is 0 Å². The van der Waals surface area contributed by atoms with Gasteiger partial charge in [-0.05, 0) is 49.9 Å². The maximum atomic E-state index is 14.0. The summed E-state index contributed by atoms with van der Waals surface area (Å²) in [6.07, 6.45) is 2.97. The average molecular weight is 624 g/mol. The number of benzene rings is 2. The van der Waals surface area contributed by atoms with E-state index in [-0.39, 0.29) is 43.4 Å². The quantitative estimate of drug-likeness (QED) is 0.256. The van der Waals surface area contributed by atoms with Crippen LogP contribution in [0.25, 0.3) is 22.5 Å². The molecule has 0 spiro atoms. The molecule has 2 aromatic carbocycles. The first-order chi connectivity index (χ1) is 21.8. The second-order valence-corrected chi connectivity index (χ2v) is 11.6. The van der Waals surface area contributed by atoms with E-state index in [4.69, 9.17) is 4.74 Å². The number of amides is 1. The number of aromatic nitrogens is 6. The maximum Gasteiger partial charge on any atom is 0.252 e. The number of carbonyl (C=O) groups excluding carboxylic acids is 1. The first-order valence-electron chi connectivity index (χ1n) is 15.1. The average Bonchev–Trinajstić information content (AvgIpc) is 3.75. The summed E-state index contributed by atoms with van der Waals surface area (Å²) in [5.41, 5.74) is 2.06. The van der Waals surface area contributed by atoms with Gasteiger partial charge < -0.3 is 25.0 Å². The predicted octanol–water partition coefficient (Wildman–Crippen LogP) is 2.54. The largest absolute Gasteiger partial charge is 0.395 e. The monoisotopic (exact) mass is 623 g/mol. The van der Waals surface area contributed by atoms with Gasteiger partial charge in [0.15, 0.2) is 0 Å². The Hall–Kier alpha value is -4.11. The van der Waals surface area contributed by atoms with Crippen LogP contribution in [-0.2, 0) is 9.53 Å². The van der Waals surface area contributed by atoms with E-state index in [9.17, 15) is 28.9 Å². The molecule has 12 nitrogen and oxygen atoms in total. The number of halogens is 2. The molecule has 4 aromatic rings. The van der Waals surface area contributed by atoms with Crippen LogP contribution in [0.2, 0.25) is 0 Å². The van der Waals surface area contributed by atoms with Crippen molar-refractivity contribution in [1.29, 1.82) is 0 Å². The first kappa shape index (κ1) is 30.9. The highest BCUT2D eigenvalue weighted by atomic mass is 19.1. The Labute approximate surface area is 257 Å². The van der Waals surface area contributed by atoms with E-state index < -0.39 is 36.8 Å². The molecule has 6 atom stereocenters. The second-order valence-electron chi connectivity index (χ2n) is 11.6. The smallest absolute Gasteiger partial charge is 0.252 e. The molecule has 3 N–H and O–H groups in total. The van der Waals surface area contributed by atoms with Crippen LogP contribution in [0.5, 0.6) is 0 Å². The third kappa shape index (κ3) is 6.64. The summed E-state index contributed by atoms with van der Waals surface area (Å²) in [6, 6.07) is 11.0. The molecule has 0 bridgehead atoms. The Kier molecular flexibility index (Phi) is 9.26. The van der Waals surface area contributed by atoms with Gasteiger partial charge >= 0.3 is 0 Å². The third-order valence-corrected chi connectivity index (χ3v) is 8.68. The first-order valence-corrected chi connectivity index (χ1v) is 15.1. The molecule has 45 heavy (non-hydrogen) atoms. The van der Waals surface area contributed by atoms with Crippen molar-refractivity contribution in [2.45, 2.75) is 68.5 Å². The van der Waals surface area contributed by atoms with Crippen LogP contribution in [0, 0.1) is 11.6 Å². The van der Waals surface area contributed by atoms with Crippen molar-refractivity contribution in [1.82, 2.24) is 34.9 Å². The number of nitrogens with zero attached hydrogens (tertiary/aromatic N) is 7. The fraction of sp³-hybridized carbons (Fsp3) is 0.452. The van der Waals surface area contributed by atoms with Crippen LogP contribution >= 0.6 is 0 Å². The zero-order valence-electron chi connectivity index (χ0n) is 24.4. The standard InChI is InChI=1S/C31H35F2N7O5/c32-21-6-1-4-19(12-21)25-16-39(36-34-25)24-9-3-8-23(14-24)38(10-11-41)31(44)28-15-27(30(43)29(18-42)45-28)40-17-26(35-37-40)20-5-2-7-22(33)13-20/h1-2,4-7,12-13,16-17,23-24,27-30,41-43H,3,8-11,14-15,18H2. The van der Waals surface area contributed by atoms with E-state index in [2.05, 4.69) is 20.6 Å². The van der Waals surface area contributed by atoms with Gasteiger partial charge in [0.2, 0.25) is 0 Å². The fourth-order valence-electron chi connectivity index (χ4n) is 6.41. The van der Waals surface area contributed by atoms with Crippen molar-refractivity contribution in [2.24, 2.45) is 0 Å². The molecule has 2 aliphatic rings. The summed E-state index contributed by atoms with van der Waals surface area (Å²) in [6.45, 7) is -0.716. The van der Waals surface area contributed by atoms with Crippen LogP contribution in [0.15, 0.2) is 60.9 Å². The second kappa shape index (κ2) is 13.5. The number of aliphatic hydroxyl groups excluding tert-OH is 3. The van der Waals surface area contributed by atoms with Gasteiger partial charge in [-0.25, -0.2) is 18.1 Å². The zero-order chi connectivity index (χ0) is 31.5. The lowest BCUT2D eigenvalue weighted by Crippen LogP contribution is -2.55. The lowest BCUT2D eigenvalue weighted by atomic mass is 9.88. The van der Waals surface area contributed by atoms with Crippen molar-refractivity contribution in [3.63, 3.8) is 0 Å². The van der Waals surface area contributed by atoms with Gasteiger partial charge in [0.05, 0.1) is 37.7 Å². The number of hydrogen-bond acceptors (Lipinski definition) is 9. The minimum atomic E-state index is -1.19. The van der Waals surface area contributed by atoms with Gasteiger partial charge in [0.25, 0.3) is 5.91 Å². The number of rotatable bonds is 9. The lowest BCUT2D eigenvalue weighted by Gasteiger charge is -2.42. The van der Waals surface area contributed by atoms with Gasteiger partial charge in [-0.2, -0.15) is 0 Å². The Morgan fingerprint density at radius 2 is 1.58 bits per heavy atom. The zero-order valence-corrected chi connectivity index (χ0v) is 24.4. The molecule has 3 heterocycles. The number of ether oxygens (including phenoxy) is 1. The summed E-state index contributed by atoms with van der Waals surface area (Å²) in [7, 11) is 0. The SMILES string of the molecule is O=C(C1CC(n2cc(-c3cccc(F)c3)nn2)C(O)C(CO)O1)N(CCO)C1CCCC(n2cc(-c3cccc(F)c3)nn2)C1. The Bertz CT molecular complexity index is 1620. The molecule has 238 valence electrons. The Morgan fingerprint density at radius 1 is 0.933 bits per heavy atom. The summed E-state index contributed by atoms with van der Waals surface area (Å²) >= 11 is 0. The highest BCUT2D eigenvalue weighted by molar-refractivity contribution is 5.81.